The van der Waals surface area contributed by atoms with E-state index in [0.29, 0.717) is 72.0 Å². The Morgan fingerprint density at radius 1 is 1.00 bits per heavy atom. The van der Waals surface area contributed by atoms with E-state index in [9.17, 15) is 14.4 Å². The number of piperazine rings is 1. The van der Waals surface area contributed by atoms with Crippen molar-refractivity contribution in [3.05, 3.63) is 73.9 Å². The first-order valence-corrected chi connectivity index (χ1v) is 13.5. The predicted octanol–water partition coefficient (Wildman–Crippen LogP) is 1.91. The van der Waals surface area contributed by atoms with Gasteiger partial charge in [-0.25, -0.2) is 4.79 Å². The minimum atomic E-state index is -0.444. The molecule has 216 valence electrons. The summed E-state index contributed by atoms with van der Waals surface area (Å²) in [5.41, 5.74) is 1.18. The maximum Gasteiger partial charge on any atom is 0.332 e. The Bertz CT molecular complexity index is 1720. The van der Waals surface area contributed by atoms with Crippen LogP contribution in [-0.4, -0.2) is 76.4 Å². The number of methoxy groups -OCH3 is 2. The van der Waals surface area contributed by atoms with Gasteiger partial charge in [0.25, 0.3) is 5.56 Å². The van der Waals surface area contributed by atoms with Gasteiger partial charge in [0.2, 0.25) is 11.9 Å². The summed E-state index contributed by atoms with van der Waals surface area (Å²) in [5.74, 6) is 1.56. The average molecular weight is 582 g/mol. The molecule has 2 aromatic heterocycles. The van der Waals surface area contributed by atoms with Gasteiger partial charge in [-0.15, -0.1) is 0 Å². The zero-order valence-electron chi connectivity index (χ0n) is 23.4. The van der Waals surface area contributed by atoms with E-state index in [4.69, 9.17) is 26.1 Å². The van der Waals surface area contributed by atoms with Crippen LogP contribution in [-0.2, 0) is 25.4 Å². The maximum atomic E-state index is 13.3. The number of hydrogen-bond acceptors (Lipinski definition) is 8. The fraction of sp³-hybridized carbons (Fsp3) is 0.357. The number of rotatable bonds is 8. The highest BCUT2D eigenvalue weighted by molar-refractivity contribution is 6.31. The van der Waals surface area contributed by atoms with E-state index in [0.717, 1.165) is 10.1 Å². The SMILES string of the molecule is COc1ccc(NC(=O)CN2CCN(c3nc4c(c(=O)n(C)c(=O)n4C)n3Cc3ccccc3Cl)CC2)c(OC)c1. The van der Waals surface area contributed by atoms with Crippen LogP contribution in [0.15, 0.2) is 52.1 Å². The molecular weight excluding hydrogens is 550 g/mol. The van der Waals surface area contributed by atoms with Crippen LogP contribution in [0.1, 0.15) is 5.56 Å². The molecule has 5 rings (SSSR count). The van der Waals surface area contributed by atoms with Gasteiger partial charge in [0.05, 0.1) is 33.0 Å². The lowest BCUT2D eigenvalue weighted by Gasteiger charge is -2.35. The van der Waals surface area contributed by atoms with Gasteiger partial charge < -0.3 is 19.7 Å². The largest absolute Gasteiger partial charge is 0.497 e. The van der Waals surface area contributed by atoms with Crippen molar-refractivity contribution >= 4 is 40.3 Å². The highest BCUT2D eigenvalue weighted by Crippen LogP contribution is 2.29. The summed E-state index contributed by atoms with van der Waals surface area (Å²) in [4.78, 5) is 47.7. The summed E-state index contributed by atoms with van der Waals surface area (Å²) >= 11 is 6.47. The number of amides is 1. The van der Waals surface area contributed by atoms with Crippen LogP contribution in [0.25, 0.3) is 11.2 Å². The Kier molecular flexibility index (Phi) is 8.04. The lowest BCUT2D eigenvalue weighted by Crippen LogP contribution is -2.49. The Hall–Kier alpha value is -4.29. The molecule has 1 aliphatic rings. The highest BCUT2D eigenvalue weighted by atomic mass is 35.5. The normalized spacial score (nSPS) is 13.9. The third-order valence-corrected chi connectivity index (χ3v) is 7.69. The Labute approximate surface area is 241 Å². The van der Waals surface area contributed by atoms with Crippen LogP contribution in [0.5, 0.6) is 11.5 Å². The molecule has 1 fully saturated rings. The van der Waals surface area contributed by atoms with Gasteiger partial charge in [0.15, 0.2) is 11.2 Å². The van der Waals surface area contributed by atoms with E-state index in [-0.39, 0.29) is 12.5 Å². The molecule has 12 nitrogen and oxygen atoms in total. The van der Waals surface area contributed by atoms with Gasteiger partial charge in [-0.1, -0.05) is 29.8 Å². The molecule has 41 heavy (non-hydrogen) atoms. The fourth-order valence-electron chi connectivity index (χ4n) is 5.02. The van der Waals surface area contributed by atoms with Crippen LogP contribution in [0.2, 0.25) is 5.02 Å². The van der Waals surface area contributed by atoms with E-state index >= 15 is 0 Å². The minimum absolute atomic E-state index is 0.161. The number of hydrogen-bond donors (Lipinski definition) is 1. The highest BCUT2D eigenvalue weighted by Gasteiger charge is 2.27. The summed E-state index contributed by atoms with van der Waals surface area (Å²) in [7, 11) is 6.17. The number of halogens is 1. The number of nitrogens with zero attached hydrogens (tertiary/aromatic N) is 6. The number of aryl methyl sites for hydroxylation is 1. The van der Waals surface area contributed by atoms with Crippen LogP contribution >= 0.6 is 11.6 Å². The van der Waals surface area contributed by atoms with E-state index in [2.05, 4.69) is 15.1 Å². The van der Waals surface area contributed by atoms with Crippen molar-refractivity contribution in [3.63, 3.8) is 0 Å². The third-order valence-electron chi connectivity index (χ3n) is 7.32. The first-order valence-electron chi connectivity index (χ1n) is 13.1. The standard InChI is InChI=1S/C28H32ClN7O5/c1-32-25-24(26(38)33(2)28(32)39)36(16-18-7-5-6-8-20(18)29)27(31-25)35-13-11-34(12-14-35)17-23(37)30-21-10-9-19(40-3)15-22(21)41-4/h5-10,15H,11-14,16-17H2,1-4H3,(H,30,37). The Balaban J connectivity index is 1.36. The van der Waals surface area contributed by atoms with E-state index in [1.165, 1.54) is 18.7 Å². The number of nitrogens with one attached hydrogen (secondary N) is 1. The van der Waals surface area contributed by atoms with Crippen molar-refractivity contribution in [2.45, 2.75) is 6.54 Å². The van der Waals surface area contributed by atoms with Crippen LogP contribution < -0.4 is 30.9 Å². The monoisotopic (exact) mass is 581 g/mol. The summed E-state index contributed by atoms with van der Waals surface area (Å²) in [6, 6.07) is 12.7. The number of aromatic nitrogens is 4. The van der Waals surface area contributed by atoms with Crippen LogP contribution in [0.3, 0.4) is 0 Å². The zero-order chi connectivity index (χ0) is 29.3. The lowest BCUT2D eigenvalue weighted by molar-refractivity contribution is -0.117. The first kappa shape index (κ1) is 28.2. The van der Waals surface area contributed by atoms with E-state index < -0.39 is 11.2 Å². The summed E-state index contributed by atoms with van der Waals surface area (Å²) in [5, 5.41) is 3.49. The number of fused-ring (bicyclic) bond motifs is 1. The van der Waals surface area contributed by atoms with E-state index in [1.54, 1.807) is 38.4 Å². The van der Waals surface area contributed by atoms with Gasteiger partial charge >= 0.3 is 5.69 Å². The van der Waals surface area contributed by atoms with Crippen LogP contribution in [0, 0.1) is 0 Å². The topological polar surface area (TPSA) is 116 Å². The number of benzene rings is 2. The average Bonchev–Trinajstić information content (AvgIpc) is 3.36. The number of ether oxygens (including phenoxy) is 2. The number of carbonyl (C=O) groups excluding carboxylic acids is 1. The molecule has 1 amide bonds. The molecule has 0 aliphatic carbocycles. The lowest BCUT2D eigenvalue weighted by atomic mass is 10.2. The second kappa shape index (κ2) is 11.7. The second-order valence-electron chi connectivity index (χ2n) is 9.84. The van der Waals surface area contributed by atoms with Crippen molar-refractivity contribution < 1.29 is 14.3 Å². The molecule has 13 heteroatoms. The predicted molar refractivity (Wildman–Crippen MR) is 158 cm³/mol. The number of anilines is 2. The second-order valence-corrected chi connectivity index (χ2v) is 10.3. The molecule has 1 saturated heterocycles. The summed E-state index contributed by atoms with van der Waals surface area (Å²) in [6.45, 7) is 2.84. The van der Waals surface area contributed by atoms with Crippen molar-refractivity contribution in [2.75, 3.05) is 57.2 Å². The Morgan fingerprint density at radius 3 is 2.41 bits per heavy atom. The molecule has 0 unspecified atom stereocenters. The van der Waals surface area contributed by atoms with E-state index in [1.807, 2.05) is 22.8 Å². The van der Waals surface area contributed by atoms with Gasteiger partial charge in [-0.05, 0) is 23.8 Å². The third kappa shape index (κ3) is 5.52. The van der Waals surface area contributed by atoms with Crippen molar-refractivity contribution in [3.8, 4) is 11.5 Å². The Morgan fingerprint density at radius 2 is 1.73 bits per heavy atom. The first-order chi connectivity index (χ1) is 19.7. The number of imidazole rings is 1. The van der Waals surface area contributed by atoms with Gasteiger partial charge in [0.1, 0.15) is 11.5 Å². The molecule has 1 N–H and O–H groups in total. The molecule has 0 saturated carbocycles. The quantitative estimate of drug-likeness (QED) is 0.336. The van der Waals surface area contributed by atoms with Crippen LogP contribution in [0.4, 0.5) is 11.6 Å². The molecule has 4 aromatic rings. The fourth-order valence-corrected chi connectivity index (χ4v) is 5.22. The molecular formula is C28H32ClN7O5. The smallest absolute Gasteiger partial charge is 0.332 e. The molecule has 0 bridgehead atoms. The molecule has 0 spiro atoms. The minimum Gasteiger partial charge on any atom is -0.497 e. The number of carbonyl (C=O) groups is 1. The molecule has 1 aliphatic heterocycles. The summed E-state index contributed by atoms with van der Waals surface area (Å²) < 4.78 is 14.9. The van der Waals surface area contributed by atoms with Gasteiger partial charge in [0, 0.05) is 51.4 Å². The van der Waals surface area contributed by atoms with Crippen molar-refractivity contribution in [2.24, 2.45) is 14.1 Å². The van der Waals surface area contributed by atoms with Gasteiger partial charge in [-0.2, -0.15) is 4.98 Å². The molecule has 0 atom stereocenters. The molecule has 0 radical (unpaired) electrons. The van der Waals surface area contributed by atoms with Crippen molar-refractivity contribution in [1.82, 2.24) is 23.6 Å². The maximum absolute atomic E-state index is 13.3. The molecule has 2 aromatic carbocycles. The van der Waals surface area contributed by atoms with Crippen molar-refractivity contribution in [1.29, 1.82) is 0 Å². The summed E-state index contributed by atoms with van der Waals surface area (Å²) in [6.07, 6.45) is 0. The zero-order valence-corrected chi connectivity index (χ0v) is 24.1. The van der Waals surface area contributed by atoms with Gasteiger partial charge in [-0.3, -0.25) is 28.2 Å². The molecule has 3 heterocycles.